The molecule has 8 heteroatoms. The number of anilines is 1. The summed E-state index contributed by atoms with van der Waals surface area (Å²) in [4.78, 5) is 14.5. The highest BCUT2D eigenvalue weighted by Crippen LogP contribution is 2.28. The summed E-state index contributed by atoms with van der Waals surface area (Å²) >= 11 is 5.98. The molecule has 2 atom stereocenters. The van der Waals surface area contributed by atoms with Crippen LogP contribution in [0.1, 0.15) is 11.7 Å². The standard InChI is InChI=1S/C18H16ClN3O4/c19-12-3-6-14-15(7-8-20-16(14)9-12)21-17(10-23)18(24)11-1-4-13(5-2-11)22(25)26/h1-9,17-18,23-24H,10H2,(H,20,21)/t17-,18+/m0/s1. The molecule has 1 heterocycles. The Morgan fingerprint density at radius 3 is 2.58 bits per heavy atom. The number of aliphatic hydroxyl groups excluding tert-OH is 2. The fourth-order valence-corrected chi connectivity index (χ4v) is 2.86. The van der Waals surface area contributed by atoms with E-state index in [1.54, 1.807) is 30.5 Å². The number of non-ortho nitro benzene ring substituents is 1. The van der Waals surface area contributed by atoms with Crippen LogP contribution in [0.25, 0.3) is 10.9 Å². The minimum absolute atomic E-state index is 0.0635. The highest BCUT2D eigenvalue weighted by Gasteiger charge is 2.21. The molecule has 7 nitrogen and oxygen atoms in total. The van der Waals surface area contributed by atoms with E-state index >= 15 is 0 Å². The third-order valence-electron chi connectivity index (χ3n) is 4.07. The van der Waals surface area contributed by atoms with Gasteiger partial charge in [0.15, 0.2) is 0 Å². The highest BCUT2D eigenvalue weighted by atomic mass is 35.5. The van der Waals surface area contributed by atoms with Crippen LogP contribution < -0.4 is 5.32 Å². The van der Waals surface area contributed by atoms with E-state index in [9.17, 15) is 20.3 Å². The number of pyridine rings is 1. The number of halogens is 1. The molecule has 3 aromatic rings. The van der Waals surface area contributed by atoms with E-state index in [1.807, 2.05) is 0 Å². The van der Waals surface area contributed by atoms with Gasteiger partial charge < -0.3 is 15.5 Å². The SMILES string of the molecule is O=[N+]([O-])c1ccc([C@@H](O)[C@H](CO)Nc2ccnc3cc(Cl)ccc23)cc1. The highest BCUT2D eigenvalue weighted by molar-refractivity contribution is 6.31. The van der Waals surface area contributed by atoms with Gasteiger partial charge in [-0.1, -0.05) is 11.6 Å². The molecule has 0 aliphatic rings. The average molecular weight is 374 g/mol. The quantitative estimate of drug-likeness (QED) is 0.452. The molecule has 0 fully saturated rings. The predicted molar refractivity (Wildman–Crippen MR) is 99.3 cm³/mol. The Morgan fingerprint density at radius 2 is 1.92 bits per heavy atom. The lowest BCUT2D eigenvalue weighted by molar-refractivity contribution is -0.384. The second-order valence-electron chi connectivity index (χ2n) is 5.75. The van der Waals surface area contributed by atoms with E-state index in [4.69, 9.17) is 11.6 Å². The van der Waals surface area contributed by atoms with Gasteiger partial charge in [0.1, 0.15) is 6.10 Å². The number of benzene rings is 2. The topological polar surface area (TPSA) is 109 Å². The van der Waals surface area contributed by atoms with Crippen molar-refractivity contribution in [3.8, 4) is 0 Å². The van der Waals surface area contributed by atoms with Gasteiger partial charge in [-0.2, -0.15) is 0 Å². The Bertz CT molecular complexity index is 933. The lowest BCUT2D eigenvalue weighted by Crippen LogP contribution is -2.31. The molecule has 26 heavy (non-hydrogen) atoms. The van der Waals surface area contributed by atoms with Gasteiger partial charge in [-0.15, -0.1) is 0 Å². The van der Waals surface area contributed by atoms with Crippen molar-refractivity contribution in [2.45, 2.75) is 12.1 Å². The summed E-state index contributed by atoms with van der Waals surface area (Å²) in [5.74, 6) is 0. The molecule has 0 bridgehead atoms. The summed E-state index contributed by atoms with van der Waals surface area (Å²) in [6.45, 7) is -0.338. The van der Waals surface area contributed by atoms with Crippen molar-refractivity contribution in [3.63, 3.8) is 0 Å². The second kappa shape index (κ2) is 7.65. The van der Waals surface area contributed by atoms with Gasteiger partial charge in [0, 0.05) is 34.4 Å². The summed E-state index contributed by atoms with van der Waals surface area (Å²) in [6.07, 6.45) is 0.546. The predicted octanol–water partition coefficient (Wildman–Crippen LogP) is 3.30. The van der Waals surface area contributed by atoms with Crippen LogP contribution in [0.2, 0.25) is 5.02 Å². The van der Waals surface area contributed by atoms with Gasteiger partial charge in [-0.25, -0.2) is 0 Å². The number of nitrogens with zero attached hydrogens (tertiary/aromatic N) is 2. The van der Waals surface area contributed by atoms with Crippen molar-refractivity contribution in [1.29, 1.82) is 0 Å². The average Bonchev–Trinajstić information content (AvgIpc) is 2.65. The van der Waals surface area contributed by atoms with Crippen LogP contribution in [-0.2, 0) is 0 Å². The van der Waals surface area contributed by atoms with Crippen LogP contribution in [0.15, 0.2) is 54.7 Å². The summed E-state index contributed by atoms with van der Waals surface area (Å²) < 4.78 is 0. The lowest BCUT2D eigenvalue weighted by Gasteiger charge is -2.24. The summed E-state index contributed by atoms with van der Waals surface area (Å²) in [6, 6.07) is 11.9. The number of hydrogen-bond acceptors (Lipinski definition) is 6. The monoisotopic (exact) mass is 373 g/mol. The number of hydrogen-bond donors (Lipinski definition) is 3. The number of aliphatic hydroxyl groups is 2. The largest absolute Gasteiger partial charge is 0.394 e. The van der Waals surface area contributed by atoms with E-state index in [1.165, 1.54) is 24.3 Å². The first-order valence-corrected chi connectivity index (χ1v) is 8.21. The fourth-order valence-electron chi connectivity index (χ4n) is 2.70. The van der Waals surface area contributed by atoms with E-state index in [2.05, 4.69) is 10.3 Å². The minimum atomic E-state index is -1.06. The molecule has 0 aliphatic heterocycles. The van der Waals surface area contributed by atoms with E-state index < -0.39 is 17.1 Å². The van der Waals surface area contributed by atoms with Gasteiger partial charge in [0.25, 0.3) is 5.69 Å². The number of rotatable bonds is 6. The molecule has 0 spiro atoms. The molecule has 3 rings (SSSR count). The molecule has 0 saturated heterocycles. The molecular weight excluding hydrogens is 358 g/mol. The van der Waals surface area contributed by atoms with Crippen molar-refractivity contribution in [2.75, 3.05) is 11.9 Å². The zero-order chi connectivity index (χ0) is 18.7. The lowest BCUT2D eigenvalue weighted by atomic mass is 10.0. The van der Waals surface area contributed by atoms with Gasteiger partial charge in [0.2, 0.25) is 0 Å². The Labute approximate surface area is 154 Å². The van der Waals surface area contributed by atoms with E-state index in [-0.39, 0.29) is 12.3 Å². The normalized spacial score (nSPS) is 13.3. The molecule has 0 radical (unpaired) electrons. The third kappa shape index (κ3) is 3.75. The molecule has 1 aromatic heterocycles. The van der Waals surface area contributed by atoms with Gasteiger partial charge >= 0.3 is 0 Å². The van der Waals surface area contributed by atoms with Crippen LogP contribution in [-0.4, -0.2) is 32.8 Å². The van der Waals surface area contributed by atoms with Crippen LogP contribution in [0, 0.1) is 10.1 Å². The summed E-state index contributed by atoms with van der Waals surface area (Å²) in [5.41, 5.74) is 1.77. The molecule has 134 valence electrons. The third-order valence-corrected chi connectivity index (χ3v) is 4.30. The van der Waals surface area contributed by atoms with Crippen LogP contribution in [0.5, 0.6) is 0 Å². The molecule has 3 N–H and O–H groups in total. The van der Waals surface area contributed by atoms with Crippen molar-refractivity contribution in [2.24, 2.45) is 0 Å². The van der Waals surface area contributed by atoms with Gasteiger partial charge in [-0.3, -0.25) is 15.1 Å². The van der Waals surface area contributed by atoms with Crippen molar-refractivity contribution in [1.82, 2.24) is 4.98 Å². The molecule has 0 saturated carbocycles. The molecular formula is C18H16ClN3O4. The van der Waals surface area contributed by atoms with E-state index in [0.29, 0.717) is 21.8 Å². The maximum Gasteiger partial charge on any atom is 0.269 e. The smallest absolute Gasteiger partial charge is 0.269 e. The molecule has 2 aromatic carbocycles. The maximum atomic E-state index is 10.7. The zero-order valence-corrected chi connectivity index (χ0v) is 14.3. The number of nitro groups is 1. The summed E-state index contributed by atoms with van der Waals surface area (Å²) in [7, 11) is 0. The number of nitrogens with one attached hydrogen (secondary N) is 1. The fraction of sp³-hybridized carbons (Fsp3) is 0.167. The van der Waals surface area contributed by atoms with Gasteiger partial charge in [0.05, 0.1) is 23.1 Å². The summed E-state index contributed by atoms with van der Waals surface area (Å²) in [5, 5.41) is 35.5. The van der Waals surface area contributed by atoms with Crippen LogP contribution >= 0.6 is 11.6 Å². The molecule has 0 amide bonds. The first-order valence-electron chi connectivity index (χ1n) is 7.83. The second-order valence-corrected chi connectivity index (χ2v) is 6.18. The Hall–Kier alpha value is -2.74. The van der Waals surface area contributed by atoms with Crippen molar-refractivity contribution in [3.05, 3.63) is 75.4 Å². The van der Waals surface area contributed by atoms with Gasteiger partial charge in [-0.05, 0) is 42.0 Å². The van der Waals surface area contributed by atoms with Crippen LogP contribution in [0.4, 0.5) is 11.4 Å². The van der Waals surface area contributed by atoms with Crippen LogP contribution in [0.3, 0.4) is 0 Å². The first-order chi connectivity index (χ1) is 12.5. The number of fused-ring (bicyclic) bond motifs is 1. The minimum Gasteiger partial charge on any atom is -0.394 e. The maximum absolute atomic E-state index is 10.7. The molecule has 0 unspecified atom stereocenters. The zero-order valence-electron chi connectivity index (χ0n) is 13.5. The van der Waals surface area contributed by atoms with E-state index in [0.717, 1.165) is 5.39 Å². The Balaban J connectivity index is 1.86. The molecule has 0 aliphatic carbocycles. The first kappa shape index (κ1) is 18.1. The Kier molecular flexibility index (Phi) is 5.32. The Morgan fingerprint density at radius 1 is 1.19 bits per heavy atom. The number of aromatic nitrogens is 1. The number of nitro benzene ring substituents is 1. The van der Waals surface area contributed by atoms with Crippen molar-refractivity contribution < 1.29 is 15.1 Å². The van der Waals surface area contributed by atoms with Crippen molar-refractivity contribution >= 4 is 33.9 Å².